The maximum absolute atomic E-state index is 10.6. The van der Waals surface area contributed by atoms with E-state index in [1.54, 1.807) is 0 Å². The quantitative estimate of drug-likeness (QED) is 0.455. The molecule has 2 nitrogen and oxygen atoms in total. The first-order valence-electron chi connectivity index (χ1n) is 8.47. The Kier molecular flexibility index (Phi) is 11.5. The van der Waals surface area contributed by atoms with Gasteiger partial charge in [0, 0.05) is 6.42 Å². The van der Waals surface area contributed by atoms with E-state index in [0.29, 0.717) is 0 Å². The van der Waals surface area contributed by atoms with E-state index in [1.165, 1.54) is 16.7 Å². The monoisotopic (exact) mass is 306 g/mol. The Bertz CT molecular complexity index is 409. The molecular formula is C20H34O2. The average molecular weight is 306 g/mol. The lowest BCUT2D eigenvalue weighted by Crippen LogP contribution is -2.03. The molecule has 0 rings (SSSR count). The van der Waals surface area contributed by atoms with Crippen LogP contribution < -0.4 is 0 Å². The second-order valence-electron chi connectivity index (χ2n) is 6.74. The molecule has 0 heterocycles. The molecule has 0 saturated heterocycles. The number of carboxylic acids is 1. The van der Waals surface area contributed by atoms with Crippen LogP contribution in [0.4, 0.5) is 0 Å². The van der Waals surface area contributed by atoms with Crippen LogP contribution >= 0.6 is 0 Å². The third kappa shape index (κ3) is 13.7. The van der Waals surface area contributed by atoms with Crippen molar-refractivity contribution in [3.8, 4) is 0 Å². The van der Waals surface area contributed by atoms with Crippen LogP contribution in [0.1, 0.15) is 79.6 Å². The van der Waals surface area contributed by atoms with Gasteiger partial charge >= 0.3 is 5.97 Å². The Hall–Kier alpha value is -1.31. The van der Waals surface area contributed by atoms with Crippen LogP contribution in [0.15, 0.2) is 34.9 Å². The maximum Gasteiger partial charge on any atom is 0.303 e. The Balaban J connectivity index is 3.91. The van der Waals surface area contributed by atoms with Gasteiger partial charge in [-0.05, 0) is 72.1 Å². The van der Waals surface area contributed by atoms with Crippen molar-refractivity contribution in [2.45, 2.75) is 79.6 Å². The van der Waals surface area contributed by atoms with E-state index in [9.17, 15) is 4.79 Å². The number of aliphatic carboxylic acids is 1. The molecule has 1 atom stereocenters. The van der Waals surface area contributed by atoms with Gasteiger partial charge in [0.1, 0.15) is 0 Å². The fraction of sp³-hybridized carbons (Fsp3) is 0.650. The predicted octanol–water partition coefficient (Wildman–Crippen LogP) is 6.30. The Morgan fingerprint density at radius 2 is 1.41 bits per heavy atom. The van der Waals surface area contributed by atoms with Crippen molar-refractivity contribution < 1.29 is 9.90 Å². The van der Waals surface area contributed by atoms with Crippen LogP contribution in [-0.4, -0.2) is 11.1 Å². The van der Waals surface area contributed by atoms with Crippen LogP contribution in [0, 0.1) is 5.92 Å². The molecule has 22 heavy (non-hydrogen) atoms. The smallest absolute Gasteiger partial charge is 0.303 e. The molecule has 0 saturated carbocycles. The lowest BCUT2D eigenvalue weighted by atomic mass is 10.00. The van der Waals surface area contributed by atoms with Crippen molar-refractivity contribution in [1.82, 2.24) is 0 Å². The van der Waals surface area contributed by atoms with E-state index in [0.717, 1.165) is 38.5 Å². The predicted molar refractivity (Wildman–Crippen MR) is 96.1 cm³/mol. The second-order valence-corrected chi connectivity index (χ2v) is 6.74. The zero-order valence-electron chi connectivity index (χ0n) is 15.1. The molecule has 0 aliphatic rings. The van der Waals surface area contributed by atoms with Crippen molar-refractivity contribution in [2.24, 2.45) is 5.92 Å². The second kappa shape index (κ2) is 12.3. The first kappa shape index (κ1) is 20.7. The number of hydrogen-bond donors (Lipinski definition) is 1. The number of rotatable bonds is 11. The zero-order valence-corrected chi connectivity index (χ0v) is 15.1. The van der Waals surface area contributed by atoms with Gasteiger partial charge in [-0.3, -0.25) is 4.79 Å². The molecule has 0 aliphatic carbocycles. The fourth-order valence-corrected chi connectivity index (χ4v) is 2.35. The molecule has 0 radical (unpaired) electrons. The van der Waals surface area contributed by atoms with Gasteiger partial charge in [-0.15, -0.1) is 0 Å². The molecule has 126 valence electrons. The Morgan fingerprint density at radius 1 is 0.909 bits per heavy atom. The standard InChI is InChI=1S/C20H34O2/c1-16(2)9-6-10-17(3)11-7-12-18(4)13-8-14-19(5)15-20(21)22/h9,11,13,19H,6-8,10,12,14-15H2,1-5H3,(H,21,22)/b17-11+,18-13+/t19-/m1/s1. The summed E-state index contributed by atoms with van der Waals surface area (Å²) in [6.45, 7) is 10.7. The largest absolute Gasteiger partial charge is 0.481 e. The Labute approximate surface area is 137 Å². The molecule has 0 aromatic carbocycles. The van der Waals surface area contributed by atoms with Gasteiger partial charge < -0.3 is 5.11 Å². The van der Waals surface area contributed by atoms with Crippen molar-refractivity contribution in [3.63, 3.8) is 0 Å². The van der Waals surface area contributed by atoms with Crippen LogP contribution in [0.5, 0.6) is 0 Å². The SMILES string of the molecule is CC(C)=CCC/C(C)=C/CC/C(C)=C/CC[C@@H](C)CC(=O)O. The number of carboxylic acid groups (broad SMARTS) is 1. The van der Waals surface area contributed by atoms with Crippen molar-refractivity contribution in [1.29, 1.82) is 0 Å². The van der Waals surface area contributed by atoms with Gasteiger partial charge in [0.15, 0.2) is 0 Å². The van der Waals surface area contributed by atoms with E-state index in [4.69, 9.17) is 5.11 Å². The molecule has 0 aliphatic heterocycles. The Morgan fingerprint density at radius 3 is 1.91 bits per heavy atom. The molecule has 0 aromatic heterocycles. The zero-order chi connectivity index (χ0) is 17.0. The minimum atomic E-state index is -0.693. The van der Waals surface area contributed by atoms with Gasteiger partial charge in [0.25, 0.3) is 0 Å². The third-order valence-electron chi connectivity index (χ3n) is 3.80. The minimum Gasteiger partial charge on any atom is -0.481 e. The number of carbonyl (C=O) groups is 1. The summed E-state index contributed by atoms with van der Waals surface area (Å²) in [6.07, 6.45) is 13.6. The van der Waals surface area contributed by atoms with E-state index in [1.807, 2.05) is 6.92 Å². The molecule has 1 N–H and O–H groups in total. The molecule has 0 fully saturated rings. The van der Waals surface area contributed by atoms with E-state index >= 15 is 0 Å². The molecular weight excluding hydrogens is 272 g/mol. The first-order valence-corrected chi connectivity index (χ1v) is 8.47. The molecule has 0 amide bonds. The summed E-state index contributed by atoms with van der Waals surface area (Å²) >= 11 is 0. The summed E-state index contributed by atoms with van der Waals surface area (Å²) in [4.78, 5) is 10.6. The number of allylic oxidation sites excluding steroid dienone is 6. The lowest BCUT2D eigenvalue weighted by Gasteiger charge is -2.06. The lowest BCUT2D eigenvalue weighted by molar-refractivity contribution is -0.138. The summed E-state index contributed by atoms with van der Waals surface area (Å²) in [5.41, 5.74) is 4.28. The summed E-state index contributed by atoms with van der Waals surface area (Å²) < 4.78 is 0. The van der Waals surface area contributed by atoms with Crippen LogP contribution in [0.25, 0.3) is 0 Å². The summed E-state index contributed by atoms with van der Waals surface area (Å²) in [7, 11) is 0. The summed E-state index contributed by atoms with van der Waals surface area (Å²) in [6, 6.07) is 0. The van der Waals surface area contributed by atoms with Gasteiger partial charge in [-0.1, -0.05) is 41.9 Å². The minimum absolute atomic E-state index is 0.263. The van der Waals surface area contributed by atoms with Crippen molar-refractivity contribution in [2.75, 3.05) is 0 Å². The molecule has 2 heteroatoms. The highest BCUT2D eigenvalue weighted by atomic mass is 16.4. The average Bonchev–Trinajstić information content (AvgIpc) is 2.37. The van der Waals surface area contributed by atoms with Crippen LogP contribution in [0.2, 0.25) is 0 Å². The third-order valence-corrected chi connectivity index (χ3v) is 3.80. The van der Waals surface area contributed by atoms with Gasteiger partial charge in [-0.2, -0.15) is 0 Å². The molecule has 0 aromatic rings. The molecule has 0 unspecified atom stereocenters. The molecule has 0 spiro atoms. The highest BCUT2D eigenvalue weighted by molar-refractivity contribution is 5.66. The van der Waals surface area contributed by atoms with Gasteiger partial charge in [-0.25, -0.2) is 0 Å². The van der Waals surface area contributed by atoms with E-state index in [2.05, 4.69) is 45.9 Å². The summed E-state index contributed by atoms with van der Waals surface area (Å²) in [5.74, 6) is -0.430. The van der Waals surface area contributed by atoms with Crippen LogP contribution in [-0.2, 0) is 4.79 Å². The highest BCUT2D eigenvalue weighted by Crippen LogP contribution is 2.15. The van der Waals surface area contributed by atoms with Gasteiger partial charge in [0.2, 0.25) is 0 Å². The van der Waals surface area contributed by atoms with Crippen molar-refractivity contribution in [3.05, 3.63) is 34.9 Å². The normalized spacial score (nSPS) is 13.9. The fourth-order valence-electron chi connectivity index (χ4n) is 2.35. The highest BCUT2D eigenvalue weighted by Gasteiger charge is 2.05. The maximum atomic E-state index is 10.6. The van der Waals surface area contributed by atoms with E-state index < -0.39 is 5.97 Å². The van der Waals surface area contributed by atoms with Crippen LogP contribution in [0.3, 0.4) is 0 Å². The summed E-state index contributed by atoms with van der Waals surface area (Å²) in [5, 5.41) is 8.73. The van der Waals surface area contributed by atoms with E-state index in [-0.39, 0.29) is 12.3 Å². The van der Waals surface area contributed by atoms with Crippen molar-refractivity contribution >= 4 is 5.97 Å². The van der Waals surface area contributed by atoms with Gasteiger partial charge in [0.05, 0.1) is 0 Å². The first-order chi connectivity index (χ1) is 10.3. The number of hydrogen-bond acceptors (Lipinski definition) is 1. The topological polar surface area (TPSA) is 37.3 Å². The molecule has 0 bridgehead atoms.